The highest BCUT2D eigenvalue weighted by Crippen LogP contribution is 2.39. The number of methoxy groups -OCH3 is 1. The molecule has 0 aromatic heterocycles. The Hall–Kier alpha value is -1.24. The minimum absolute atomic E-state index is 0.243. The lowest BCUT2D eigenvalue weighted by atomic mass is 10.2. The van der Waals surface area contributed by atoms with E-state index in [0.717, 1.165) is 0 Å². The van der Waals surface area contributed by atoms with E-state index in [1.54, 1.807) is 42.5 Å². The Bertz CT molecular complexity index is 915. The summed E-state index contributed by atoms with van der Waals surface area (Å²) in [5.74, 6) is 0.282. The van der Waals surface area contributed by atoms with Crippen LogP contribution in [0.2, 0.25) is 15.1 Å². The fourth-order valence-electron chi connectivity index (χ4n) is 2.26. The monoisotopic (exact) mass is 429 g/mol. The van der Waals surface area contributed by atoms with E-state index in [9.17, 15) is 4.79 Å². The van der Waals surface area contributed by atoms with Crippen LogP contribution in [-0.2, 0) is 4.79 Å². The molecule has 128 valence electrons. The van der Waals surface area contributed by atoms with Crippen LogP contribution in [0.1, 0.15) is 5.56 Å². The van der Waals surface area contributed by atoms with E-state index in [0.29, 0.717) is 41.3 Å². The van der Waals surface area contributed by atoms with Gasteiger partial charge in [0.2, 0.25) is 0 Å². The van der Waals surface area contributed by atoms with Crippen molar-refractivity contribution in [1.29, 1.82) is 0 Å². The lowest BCUT2D eigenvalue weighted by molar-refractivity contribution is -0.113. The van der Waals surface area contributed by atoms with Crippen molar-refractivity contribution in [2.75, 3.05) is 12.0 Å². The van der Waals surface area contributed by atoms with Gasteiger partial charge in [-0.25, -0.2) is 0 Å². The summed E-state index contributed by atoms with van der Waals surface area (Å²) in [5.41, 5.74) is 1.23. The molecule has 2 aromatic carbocycles. The number of carbonyl (C=O) groups is 1. The molecule has 1 amide bonds. The third-order valence-corrected chi connectivity index (χ3v) is 5.89. The molecule has 3 rings (SSSR count). The first-order chi connectivity index (χ1) is 11.9. The highest BCUT2D eigenvalue weighted by molar-refractivity contribution is 8.27. The Morgan fingerprint density at radius 1 is 1.16 bits per heavy atom. The van der Waals surface area contributed by atoms with Gasteiger partial charge in [-0.3, -0.25) is 9.69 Å². The van der Waals surface area contributed by atoms with Crippen LogP contribution in [0.15, 0.2) is 41.3 Å². The molecule has 0 spiro atoms. The molecule has 0 saturated carbocycles. The quantitative estimate of drug-likeness (QED) is 0.437. The van der Waals surface area contributed by atoms with Crippen molar-refractivity contribution in [2.24, 2.45) is 0 Å². The Morgan fingerprint density at radius 2 is 1.92 bits per heavy atom. The standard InChI is InChI=1S/C17H10Cl3NO2S2/c1-23-13-6-5-10(8-12(13)19)21-16(22)14(25-17(21)24)7-9-3-2-4-11(18)15(9)20/h2-8H,1H3/b14-7-. The normalized spacial score (nSPS) is 16.0. The summed E-state index contributed by atoms with van der Waals surface area (Å²) in [4.78, 5) is 14.7. The SMILES string of the molecule is COc1ccc(N2C(=O)/C(=C/c3cccc(Cl)c3Cl)SC2=S)cc1Cl. The second-order valence-corrected chi connectivity index (χ2v) is 7.85. The van der Waals surface area contributed by atoms with Crippen LogP contribution in [0, 0.1) is 0 Å². The van der Waals surface area contributed by atoms with Gasteiger partial charge in [-0.15, -0.1) is 0 Å². The van der Waals surface area contributed by atoms with Crippen molar-refractivity contribution in [3.8, 4) is 5.75 Å². The Labute approximate surface area is 169 Å². The number of thiocarbonyl (C=S) groups is 1. The zero-order valence-corrected chi connectivity index (χ0v) is 16.7. The van der Waals surface area contributed by atoms with Crippen LogP contribution >= 0.6 is 58.8 Å². The first-order valence-electron chi connectivity index (χ1n) is 6.98. The topological polar surface area (TPSA) is 29.5 Å². The van der Waals surface area contributed by atoms with Gasteiger partial charge in [-0.1, -0.05) is 70.9 Å². The Balaban J connectivity index is 1.96. The number of amides is 1. The van der Waals surface area contributed by atoms with Gasteiger partial charge in [0.25, 0.3) is 5.91 Å². The molecule has 0 unspecified atom stereocenters. The average Bonchev–Trinajstić information content (AvgIpc) is 2.85. The first-order valence-corrected chi connectivity index (χ1v) is 9.33. The fourth-order valence-corrected chi connectivity index (χ4v) is 4.16. The molecule has 1 saturated heterocycles. The number of hydrogen-bond acceptors (Lipinski definition) is 4. The van der Waals surface area contributed by atoms with Gasteiger partial charge in [-0.2, -0.15) is 0 Å². The van der Waals surface area contributed by atoms with Gasteiger partial charge in [0.1, 0.15) is 5.75 Å². The van der Waals surface area contributed by atoms with Gasteiger partial charge < -0.3 is 4.74 Å². The maximum atomic E-state index is 12.8. The van der Waals surface area contributed by atoms with Crippen molar-refractivity contribution in [1.82, 2.24) is 0 Å². The van der Waals surface area contributed by atoms with Crippen molar-refractivity contribution < 1.29 is 9.53 Å². The number of ether oxygens (including phenoxy) is 1. The Kier molecular flexibility index (Phi) is 5.61. The molecule has 0 N–H and O–H groups in total. The number of rotatable bonds is 3. The third-order valence-electron chi connectivity index (χ3n) is 3.46. The minimum Gasteiger partial charge on any atom is -0.495 e. The van der Waals surface area contributed by atoms with Crippen molar-refractivity contribution >= 4 is 80.8 Å². The van der Waals surface area contributed by atoms with Crippen LogP contribution < -0.4 is 9.64 Å². The molecule has 2 aromatic rings. The minimum atomic E-state index is -0.243. The van der Waals surface area contributed by atoms with Crippen molar-refractivity contribution in [2.45, 2.75) is 0 Å². The maximum absolute atomic E-state index is 12.8. The molecule has 0 atom stereocenters. The summed E-state index contributed by atoms with van der Waals surface area (Å²) in [6, 6.07) is 10.3. The molecule has 3 nitrogen and oxygen atoms in total. The molecule has 8 heteroatoms. The highest BCUT2D eigenvalue weighted by Gasteiger charge is 2.33. The largest absolute Gasteiger partial charge is 0.495 e. The first kappa shape index (κ1) is 18.5. The fraction of sp³-hybridized carbons (Fsp3) is 0.0588. The van der Waals surface area contributed by atoms with E-state index in [4.69, 9.17) is 51.8 Å². The Morgan fingerprint density at radius 3 is 2.60 bits per heavy atom. The van der Waals surface area contributed by atoms with E-state index in [2.05, 4.69) is 0 Å². The van der Waals surface area contributed by atoms with Crippen molar-refractivity contribution in [3.05, 3.63) is 61.9 Å². The van der Waals surface area contributed by atoms with E-state index < -0.39 is 0 Å². The molecule has 0 bridgehead atoms. The van der Waals surface area contributed by atoms with E-state index in [-0.39, 0.29) is 5.91 Å². The zero-order chi connectivity index (χ0) is 18.1. The van der Waals surface area contributed by atoms with Gasteiger partial charge in [0.05, 0.1) is 32.8 Å². The lowest BCUT2D eigenvalue weighted by Crippen LogP contribution is -2.27. The maximum Gasteiger partial charge on any atom is 0.270 e. The molecule has 1 aliphatic heterocycles. The second kappa shape index (κ2) is 7.56. The van der Waals surface area contributed by atoms with Crippen LogP contribution in [0.5, 0.6) is 5.75 Å². The van der Waals surface area contributed by atoms with E-state index in [1.807, 2.05) is 0 Å². The summed E-state index contributed by atoms with van der Waals surface area (Å²) in [5, 5.41) is 1.21. The third kappa shape index (κ3) is 3.66. The smallest absolute Gasteiger partial charge is 0.270 e. The predicted octanol–water partition coefficient (Wildman–Crippen LogP) is 6.06. The van der Waals surface area contributed by atoms with Gasteiger partial charge in [0, 0.05) is 0 Å². The number of halogens is 3. The molecular weight excluding hydrogens is 421 g/mol. The number of carbonyl (C=O) groups excluding carboxylic acids is 1. The molecule has 1 aliphatic rings. The summed E-state index contributed by atoms with van der Waals surface area (Å²) in [6.07, 6.45) is 1.68. The average molecular weight is 431 g/mol. The molecule has 0 aliphatic carbocycles. The van der Waals surface area contributed by atoms with Gasteiger partial charge in [-0.05, 0) is 35.9 Å². The van der Waals surface area contributed by atoms with Crippen LogP contribution in [0.3, 0.4) is 0 Å². The lowest BCUT2D eigenvalue weighted by Gasteiger charge is -2.15. The van der Waals surface area contributed by atoms with Gasteiger partial charge in [0.15, 0.2) is 4.32 Å². The molecular formula is C17H10Cl3NO2S2. The van der Waals surface area contributed by atoms with Crippen LogP contribution in [0.25, 0.3) is 6.08 Å². The zero-order valence-electron chi connectivity index (χ0n) is 12.8. The number of anilines is 1. The van der Waals surface area contributed by atoms with Crippen molar-refractivity contribution in [3.63, 3.8) is 0 Å². The summed E-state index contributed by atoms with van der Waals surface area (Å²) in [6.45, 7) is 0. The molecule has 1 fully saturated rings. The van der Waals surface area contributed by atoms with E-state index >= 15 is 0 Å². The number of thioether (sulfide) groups is 1. The van der Waals surface area contributed by atoms with Crippen LogP contribution in [-0.4, -0.2) is 17.3 Å². The highest BCUT2D eigenvalue weighted by atomic mass is 35.5. The van der Waals surface area contributed by atoms with E-state index in [1.165, 1.54) is 23.8 Å². The molecule has 1 heterocycles. The molecule has 0 radical (unpaired) electrons. The second-order valence-electron chi connectivity index (χ2n) is 4.98. The number of hydrogen-bond donors (Lipinski definition) is 0. The summed E-state index contributed by atoms with van der Waals surface area (Å²) >= 11 is 24.9. The number of nitrogens with zero attached hydrogens (tertiary/aromatic N) is 1. The van der Waals surface area contributed by atoms with Crippen LogP contribution in [0.4, 0.5) is 5.69 Å². The summed E-state index contributed by atoms with van der Waals surface area (Å²) < 4.78 is 5.54. The molecule has 25 heavy (non-hydrogen) atoms. The van der Waals surface area contributed by atoms with Gasteiger partial charge >= 0.3 is 0 Å². The number of benzene rings is 2. The summed E-state index contributed by atoms with van der Waals surface area (Å²) in [7, 11) is 1.53. The predicted molar refractivity (Wildman–Crippen MR) is 110 cm³/mol.